The van der Waals surface area contributed by atoms with Crippen molar-refractivity contribution < 1.29 is 22.8 Å². The average molecular weight is 344 g/mol. The summed E-state index contributed by atoms with van der Waals surface area (Å²) in [7, 11) is 0. The molecule has 0 heterocycles. The van der Waals surface area contributed by atoms with E-state index in [-0.39, 0.29) is 17.4 Å². The predicted octanol–water partition coefficient (Wildman–Crippen LogP) is 3.38. The normalized spacial score (nSPS) is 13.9. The van der Waals surface area contributed by atoms with Gasteiger partial charge in [0, 0.05) is 12.1 Å². The minimum Gasteiger partial charge on any atom is -0.355 e. The van der Waals surface area contributed by atoms with Crippen LogP contribution in [0, 0.1) is 5.92 Å². The molecule has 0 aromatic heterocycles. The summed E-state index contributed by atoms with van der Waals surface area (Å²) in [6.45, 7) is 6.08. The Morgan fingerprint density at radius 2 is 1.88 bits per heavy atom. The van der Waals surface area contributed by atoms with E-state index < -0.39 is 23.7 Å². The molecule has 0 saturated carbocycles. The second kappa shape index (κ2) is 8.70. The maximum Gasteiger partial charge on any atom is 0.416 e. The summed E-state index contributed by atoms with van der Waals surface area (Å²) < 4.78 is 38.2. The first-order chi connectivity index (χ1) is 11.2. The maximum absolute atomic E-state index is 12.7. The Morgan fingerprint density at radius 3 is 2.42 bits per heavy atom. The average Bonchev–Trinajstić information content (AvgIpc) is 2.53. The lowest BCUT2D eigenvalue weighted by atomic mass is 9.98. The van der Waals surface area contributed by atoms with Gasteiger partial charge in [-0.3, -0.25) is 9.59 Å². The topological polar surface area (TPSA) is 58.2 Å². The first-order valence-electron chi connectivity index (χ1n) is 7.94. The molecule has 2 unspecified atom stereocenters. The Hall–Kier alpha value is -2.05. The van der Waals surface area contributed by atoms with Crippen LogP contribution in [0.25, 0.3) is 0 Å². The number of nitrogens with one attached hydrogen (secondary N) is 2. The molecule has 0 fully saturated rings. The molecule has 134 valence electrons. The summed E-state index contributed by atoms with van der Waals surface area (Å²) in [5.74, 6) is -0.835. The van der Waals surface area contributed by atoms with Crippen molar-refractivity contribution >= 4 is 11.8 Å². The zero-order chi connectivity index (χ0) is 18.3. The van der Waals surface area contributed by atoms with Crippen molar-refractivity contribution in [1.29, 1.82) is 0 Å². The van der Waals surface area contributed by atoms with E-state index in [0.717, 1.165) is 18.6 Å². The molecule has 2 atom stereocenters. The Balaban J connectivity index is 2.93. The van der Waals surface area contributed by atoms with Gasteiger partial charge in [-0.1, -0.05) is 26.3 Å². The van der Waals surface area contributed by atoms with Gasteiger partial charge < -0.3 is 10.6 Å². The number of likely N-dealkylation sites (N-methyl/N-ethyl adjacent to an activating group) is 1. The van der Waals surface area contributed by atoms with Crippen molar-refractivity contribution in [3.8, 4) is 0 Å². The molecule has 24 heavy (non-hydrogen) atoms. The zero-order valence-electron chi connectivity index (χ0n) is 14.0. The van der Waals surface area contributed by atoms with Crippen LogP contribution >= 0.6 is 0 Å². The highest BCUT2D eigenvalue weighted by Gasteiger charge is 2.31. The summed E-state index contributed by atoms with van der Waals surface area (Å²) >= 11 is 0. The quantitative estimate of drug-likeness (QED) is 0.797. The van der Waals surface area contributed by atoms with Crippen LogP contribution in [0.2, 0.25) is 0 Å². The van der Waals surface area contributed by atoms with E-state index in [1.165, 1.54) is 12.1 Å². The lowest BCUT2D eigenvalue weighted by molar-refractivity contribution is -0.137. The van der Waals surface area contributed by atoms with E-state index >= 15 is 0 Å². The van der Waals surface area contributed by atoms with Gasteiger partial charge in [0.15, 0.2) is 0 Å². The van der Waals surface area contributed by atoms with Crippen LogP contribution in [-0.4, -0.2) is 24.4 Å². The molecule has 0 aliphatic carbocycles. The Bertz CT molecular complexity index is 573. The SMILES string of the molecule is CCNC(=O)C(CC(C)CC)NC(=O)c1cccc(C(F)(F)F)c1. The van der Waals surface area contributed by atoms with E-state index in [4.69, 9.17) is 0 Å². The third-order valence-electron chi connectivity index (χ3n) is 3.76. The minimum atomic E-state index is -4.52. The number of benzene rings is 1. The van der Waals surface area contributed by atoms with E-state index in [2.05, 4.69) is 10.6 Å². The van der Waals surface area contributed by atoms with Crippen molar-refractivity contribution in [1.82, 2.24) is 10.6 Å². The monoisotopic (exact) mass is 344 g/mol. The van der Waals surface area contributed by atoms with E-state index in [9.17, 15) is 22.8 Å². The maximum atomic E-state index is 12.7. The second-order valence-corrected chi connectivity index (χ2v) is 5.75. The lowest BCUT2D eigenvalue weighted by Crippen LogP contribution is -2.47. The van der Waals surface area contributed by atoms with Crippen molar-refractivity contribution in [2.24, 2.45) is 5.92 Å². The molecular formula is C17H23F3N2O2. The predicted molar refractivity (Wildman–Crippen MR) is 85.5 cm³/mol. The molecule has 7 heteroatoms. The highest BCUT2D eigenvalue weighted by Crippen LogP contribution is 2.29. The summed E-state index contributed by atoms with van der Waals surface area (Å²) in [6, 6.07) is 3.38. The molecule has 0 aliphatic heterocycles. The van der Waals surface area contributed by atoms with E-state index in [0.29, 0.717) is 13.0 Å². The van der Waals surface area contributed by atoms with Gasteiger partial charge in [-0.25, -0.2) is 0 Å². The summed E-state index contributed by atoms with van der Waals surface area (Å²) in [5, 5.41) is 5.18. The largest absolute Gasteiger partial charge is 0.416 e. The van der Waals surface area contributed by atoms with Crippen molar-refractivity contribution in [3.63, 3.8) is 0 Å². The van der Waals surface area contributed by atoms with Crippen LogP contribution in [0.15, 0.2) is 24.3 Å². The van der Waals surface area contributed by atoms with Gasteiger partial charge in [0.05, 0.1) is 5.56 Å². The molecule has 2 N–H and O–H groups in total. The molecule has 0 bridgehead atoms. The van der Waals surface area contributed by atoms with Crippen LogP contribution in [0.1, 0.15) is 49.5 Å². The fourth-order valence-electron chi connectivity index (χ4n) is 2.18. The van der Waals surface area contributed by atoms with Gasteiger partial charge in [-0.15, -0.1) is 0 Å². The first kappa shape index (κ1) is 20.0. The third kappa shape index (κ3) is 5.86. The number of alkyl halides is 3. The van der Waals surface area contributed by atoms with Gasteiger partial charge in [0.2, 0.25) is 5.91 Å². The van der Waals surface area contributed by atoms with E-state index in [1.807, 2.05) is 13.8 Å². The molecule has 1 aromatic rings. The second-order valence-electron chi connectivity index (χ2n) is 5.75. The Morgan fingerprint density at radius 1 is 1.21 bits per heavy atom. The molecule has 2 amide bonds. The van der Waals surface area contributed by atoms with Gasteiger partial charge >= 0.3 is 6.18 Å². The highest BCUT2D eigenvalue weighted by atomic mass is 19.4. The van der Waals surface area contributed by atoms with Crippen molar-refractivity contribution in [2.75, 3.05) is 6.54 Å². The number of hydrogen-bond donors (Lipinski definition) is 2. The van der Waals surface area contributed by atoms with Crippen molar-refractivity contribution in [2.45, 2.75) is 45.8 Å². The molecule has 0 saturated heterocycles. The number of halogens is 3. The minimum absolute atomic E-state index is 0.122. The fraction of sp³-hybridized carbons (Fsp3) is 0.529. The van der Waals surface area contributed by atoms with E-state index in [1.54, 1.807) is 6.92 Å². The van der Waals surface area contributed by atoms with Crippen LogP contribution in [0.4, 0.5) is 13.2 Å². The Labute approximate surface area is 139 Å². The smallest absolute Gasteiger partial charge is 0.355 e. The molecule has 0 aliphatic rings. The van der Waals surface area contributed by atoms with Crippen LogP contribution in [-0.2, 0) is 11.0 Å². The lowest BCUT2D eigenvalue weighted by Gasteiger charge is -2.21. The summed E-state index contributed by atoms with van der Waals surface area (Å²) in [6.07, 6.45) is -3.27. The van der Waals surface area contributed by atoms with Crippen molar-refractivity contribution in [3.05, 3.63) is 35.4 Å². The Kier molecular flexibility index (Phi) is 7.25. The number of rotatable bonds is 7. The molecule has 1 aromatic carbocycles. The van der Waals surface area contributed by atoms with Crippen LogP contribution in [0.5, 0.6) is 0 Å². The first-order valence-corrected chi connectivity index (χ1v) is 7.94. The van der Waals surface area contributed by atoms with Crippen LogP contribution in [0.3, 0.4) is 0 Å². The highest BCUT2D eigenvalue weighted by molar-refractivity contribution is 5.97. The molecular weight excluding hydrogens is 321 g/mol. The standard InChI is InChI=1S/C17H23F3N2O2/c1-4-11(3)9-14(16(24)21-5-2)22-15(23)12-7-6-8-13(10-12)17(18,19)20/h6-8,10-11,14H,4-5,9H2,1-3H3,(H,21,24)(H,22,23). The number of amides is 2. The molecule has 1 rings (SSSR count). The van der Waals surface area contributed by atoms with Gasteiger partial charge in [-0.2, -0.15) is 13.2 Å². The van der Waals surface area contributed by atoms with Gasteiger partial charge in [0.1, 0.15) is 6.04 Å². The van der Waals surface area contributed by atoms with Crippen LogP contribution < -0.4 is 10.6 Å². The fourth-order valence-corrected chi connectivity index (χ4v) is 2.18. The molecule has 0 spiro atoms. The van der Waals surface area contributed by atoms with Gasteiger partial charge in [-0.05, 0) is 37.5 Å². The molecule has 4 nitrogen and oxygen atoms in total. The number of carbonyl (C=O) groups is 2. The summed E-state index contributed by atoms with van der Waals surface area (Å²) in [5.41, 5.74) is -1.02. The third-order valence-corrected chi connectivity index (χ3v) is 3.76. The zero-order valence-corrected chi connectivity index (χ0v) is 14.0. The molecule has 0 radical (unpaired) electrons. The number of carbonyl (C=O) groups excluding carboxylic acids is 2. The number of hydrogen-bond acceptors (Lipinski definition) is 2. The van der Waals surface area contributed by atoms with Gasteiger partial charge in [0.25, 0.3) is 5.91 Å². The summed E-state index contributed by atoms with van der Waals surface area (Å²) in [4.78, 5) is 24.3.